The molecule has 4 rings (SSSR count). The van der Waals surface area contributed by atoms with Gasteiger partial charge in [-0.25, -0.2) is 4.39 Å². The number of piperazine rings is 1. The minimum absolute atomic E-state index is 0.101. The van der Waals surface area contributed by atoms with E-state index < -0.39 is 0 Å². The van der Waals surface area contributed by atoms with Gasteiger partial charge in [-0.2, -0.15) is 0 Å². The minimum atomic E-state index is -0.198. The molecule has 33 heavy (non-hydrogen) atoms. The van der Waals surface area contributed by atoms with Crippen LogP contribution in [0.3, 0.4) is 0 Å². The number of ether oxygens (including phenoxy) is 1. The number of rotatable bonds is 7. The summed E-state index contributed by atoms with van der Waals surface area (Å²) in [4.78, 5) is 20.8. The maximum Gasteiger partial charge on any atom is 0.227 e. The SMILES string of the molecule is COc1ccc(Br)cc1CCc1c(F)cccc1N1CCN(C(=O)Cc2cccnc2)CC1. The van der Waals surface area contributed by atoms with E-state index >= 15 is 0 Å². The Balaban J connectivity index is 1.42. The Morgan fingerprint density at radius 2 is 1.91 bits per heavy atom. The maximum atomic E-state index is 14.9. The van der Waals surface area contributed by atoms with Crippen LogP contribution in [0.5, 0.6) is 5.75 Å². The van der Waals surface area contributed by atoms with Crippen molar-refractivity contribution < 1.29 is 13.9 Å². The number of nitrogens with zero attached hydrogens (tertiary/aromatic N) is 3. The van der Waals surface area contributed by atoms with Crippen LogP contribution in [0.4, 0.5) is 10.1 Å². The molecule has 2 heterocycles. The summed E-state index contributed by atoms with van der Waals surface area (Å²) in [5.74, 6) is 0.706. The Bertz CT molecular complexity index is 1100. The molecule has 172 valence electrons. The molecule has 1 saturated heterocycles. The highest BCUT2D eigenvalue weighted by atomic mass is 79.9. The second-order valence-corrected chi connectivity index (χ2v) is 9.02. The summed E-state index contributed by atoms with van der Waals surface area (Å²) in [7, 11) is 1.65. The number of benzene rings is 2. The van der Waals surface area contributed by atoms with Gasteiger partial charge in [-0.15, -0.1) is 0 Å². The molecule has 5 nitrogen and oxygen atoms in total. The number of methoxy groups -OCH3 is 1. The zero-order valence-corrected chi connectivity index (χ0v) is 20.2. The van der Waals surface area contributed by atoms with Gasteiger partial charge in [-0.05, 0) is 60.4 Å². The fourth-order valence-electron chi connectivity index (χ4n) is 4.28. The summed E-state index contributed by atoms with van der Waals surface area (Å²) in [6.07, 6.45) is 5.02. The van der Waals surface area contributed by atoms with Crippen molar-refractivity contribution in [1.82, 2.24) is 9.88 Å². The summed E-state index contributed by atoms with van der Waals surface area (Å²) in [6, 6.07) is 14.9. The van der Waals surface area contributed by atoms with Gasteiger partial charge in [0.25, 0.3) is 0 Å². The largest absolute Gasteiger partial charge is 0.496 e. The van der Waals surface area contributed by atoms with Crippen LogP contribution in [0.2, 0.25) is 0 Å². The summed E-state index contributed by atoms with van der Waals surface area (Å²) < 4.78 is 21.3. The molecule has 0 atom stereocenters. The van der Waals surface area contributed by atoms with Gasteiger partial charge < -0.3 is 14.5 Å². The van der Waals surface area contributed by atoms with Crippen molar-refractivity contribution in [3.8, 4) is 5.75 Å². The van der Waals surface area contributed by atoms with E-state index in [1.54, 1.807) is 25.6 Å². The third-order valence-corrected chi connectivity index (χ3v) is 6.53. The third-order valence-electron chi connectivity index (χ3n) is 6.03. The van der Waals surface area contributed by atoms with Gasteiger partial charge in [0.05, 0.1) is 13.5 Å². The van der Waals surface area contributed by atoms with Gasteiger partial charge in [0, 0.05) is 54.3 Å². The second-order valence-electron chi connectivity index (χ2n) is 8.10. The van der Waals surface area contributed by atoms with Crippen molar-refractivity contribution in [2.75, 3.05) is 38.2 Å². The Hall–Kier alpha value is -2.93. The molecule has 0 N–H and O–H groups in total. The van der Waals surface area contributed by atoms with Gasteiger partial charge in [-0.1, -0.05) is 28.1 Å². The molecule has 0 saturated carbocycles. The van der Waals surface area contributed by atoms with Crippen LogP contribution in [0.1, 0.15) is 16.7 Å². The van der Waals surface area contributed by atoms with Crippen molar-refractivity contribution in [3.05, 3.63) is 87.9 Å². The lowest BCUT2D eigenvalue weighted by Crippen LogP contribution is -2.49. The molecule has 0 spiro atoms. The van der Waals surface area contributed by atoms with E-state index in [1.807, 2.05) is 41.3 Å². The molecular weight excluding hydrogens is 485 g/mol. The molecule has 2 aromatic carbocycles. The van der Waals surface area contributed by atoms with Crippen molar-refractivity contribution in [3.63, 3.8) is 0 Å². The predicted molar refractivity (Wildman–Crippen MR) is 131 cm³/mol. The van der Waals surface area contributed by atoms with E-state index in [2.05, 4.69) is 25.8 Å². The fraction of sp³-hybridized carbons (Fsp3) is 0.308. The van der Waals surface area contributed by atoms with E-state index in [0.29, 0.717) is 51.0 Å². The van der Waals surface area contributed by atoms with Crippen molar-refractivity contribution in [2.24, 2.45) is 0 Å². The molecule has 1 amide bonds. The number of anilines is 1. The molecule has 3 aromatic rings. The summed E-state index contributed by atoms with van der Waals surface area (Å²) >= 11 is 3.51. The molecule has 1 aromatic heterocycles. The highest BCUT2D eigenvalue weighted by Crippen LogP contribution is 2.29. The third kappa shape index (κ3) is 5.71. The Labute approximate surface area is 202 Å². The molecule has 0 unspecified atom stereocenters. The number of amides is 1. The normalized spacial score (nSPS) is 13.8. The van der Waals surface area contributed by atoms with Crippen LogP contribution < -0.4 is 9.64 Å². The van der Waals surface area contributed by atoms with Gasteiger partial charge in [-0.3, -0.25) is 9.78 Å². The van der Waals surface area contributed by atoms with Crippen LogP contribution >= 0.6 is 15.9 Å². The Morgan fingerprint density at radius 3 is 2.64 bits per heavy atom. The fourth-order valence-corrected chi connectivity index (χ4v) is 4.69. The number of pyridine rings is 1. The molecule has 0 aliphatic carbocycles. The number of aromatic nitrogens is 1. The first-order valence-corrected chi connectivity index (χ1v) is 11.9. The molecule has 0 bridgehead atoms. The Kier molecular flexibility index (Phi) is 7.60. The summed E-state index contributed by atoms with van der Waals surface area (Å²) in [5.41, 5.74) is 3.56. The van der Waals surface area contributed by atoms with E-state index in [0.717, 1.165) is 27.0 Å². The highest BCUT2D eigenvalue weighted by Gasteiger charge is 2.24. The molecule has 0 radical (unpaired) electrons. The zero-order valence-electron chi connectivity index (χ0n) is 18.6. The van der Waals surface area contributed by atoms with E-state index in [1.165, 1.54) is 6.07 Å². The molecular formula is C26H27BrFN3O2. The maximum absolute atomic E-state index is 14.9. The number of carbonyl (C=O) groups is 1. The zero-order chi connectivity index (χ0) is 23.2. The molecule has 1 fully saturated rings. The summed E-state index contributed by atoms with van der Waals surface area (Å²) in [5, 5.41) is 0. The average Bonchev–Trinajstić information content (AvgIpc) is 2.84. The smallest absolute Gasteiger partial charge is 0.227 e. The van der Waals surface area contributed by atoms with Gasteiger partial charge in [0.15, 0.2) is 0 Å². The van der Waals surface area contributed by atoms with Gasteiger partial charge in [0.2, 0.25) is 5.91 Å². The van der Waals surface area contributed by atoms with Gasteiger partial charge in [0.1, 0.15) is 11.6 Å². The first-order chi connectivity index (χ1) is 16.0. The topological polar surface area (TPSA) is 45.7 Å². The average molecular weight is 512 g/mol. The second kappa shape index (κ2) is 10.8. The number of halogens is 2. The number of aryl methyl sites for hydroxylation is 1. The van der Waals surface area contributed by atoms with Gasteiger partial charge >= 0.3 is 0 Å². The van der Waals surface area contributed by atoms with E-state index in [4.69, 9.17) is 4.74 Å². The number of hydrogen-bond donors (Lipinski definition) is 0. The van der Waals surface area contributed by atoms with Crippen LogP contribution in [0, 0.1) is 5.82 Å². The molecule has 7 heteroatoms. The van der Waals surface area contributed by atoms with Crippen LogP contribution in [0.25, 0.3) is 0 Å². The van der Waals surface area contributed by atoms with Crippen LogP contribution in [0.15, 0.2) is 65.4 Å². The minimum Gasteiger partial charge on any atom is -0.496 e. The van der Waals surface area contributed by atoms with E-state index in [9.17, 15) is 9.18 Å². The highest BCUT2D eigenvalue weighted by molar-refractivity contribution is 9.10. The van der Waals surface area contributed by atoms with Crippen LogP contribution in [-0.4, -0.2) is 49.1 Å². The van der Waals surface area contributed by atoms with Crippen LogP contribution in [-0.2, 0) is 24.1 Å². The van der Waals surface area contributed by atoms with Crippen molar-refractivity contribution in [2.45, 2.75) is 19.3 Å². The lowest BCUT2D eigenvalue weighted by molar-refractivity contribution is -0.130. The quantitative estimate of drug-likeness (QED) is 0.462. The first-order valence-electron chi connectivity index (χ1n) is 11.1. The lowest BCUT2D eigenvalue weighted by atomic mass is 10.0. The first kappa shape index (κ1) is 23.2. The number of hydrogen-bond acceptors (Lipinski definition) is 4. The predicted octanol–water partition coefficient (Wildman–Crippen LogP) is 4.67. The standard InChI is InChI=1S/C26H27BrFN3O2/c1-33-25-10-8-21(27)17-20(25)7-9-22-23(28)5-2-6-24(22)30-12-14-31(15-13-30)26(32)16-19-4-3-11-29-18-19/h2-6,8,10-11,17-18H,7,9,12-16H2,1H3. The van der Waals surface area contributed by atoms with Crippen molar-refractivity contribution >= 4 is 27.5 Å². The lowest BCUT2D eigenvalue weighted by Gasteiger charge is -2.37. The monoisotopic (exact) mass is 511 g/mol. The van der Waals surface area contributed by atoms with Crippen molar-refractivity contribution in [1.29, 1.82) is 0 Å². The molecule has 1 aliphatic rings. The number of carbonyl (C=O) groups excluding carboxylic acids is 1. The summed E-state index contributed by atoms with van der Waals surface area (Å²) in [6.45, 7) is 2.59. The molecule has 1 aliphatic heterocycles. The Morgan fingerprint density at radius 1 is 1.09 bits per heavy atom. The van der Waals surface area contributed by atoms with E-state index in [-0.39, 0.29) is 11.7 Å².